The molecule has 0 aromatic heterocycles. The first-order valence-electron chi connectivity index (χ1n) is 9.85. The maximum Gasteiger partial charge on any atom is 0.188 e. The van der Waals surface area contributed by atoms with Crippen LogP contribution in [0.2, 0.25) is 5.02 Å². The number of hydrogen-bond donors (Lipinski definition) is 1. The molecule has 5 nitrogen and oxygen atoms in total. The first kappa shape index (κ1) is 22.0. The molecule has 9 heteroatoms. The normalized spacial score (nSPS) is 27.5. The number of fused-ring (bicyclic) bond motifs is 3. The van der Waals surface area contributed by atoms with Crippen molar-refractivity contribution >= 4 is 21.4 Å². The van der Waals surface area contributed by atoms with Gasteiger partial charge in [-0.25, -0.2) is 17.2 Å². The number of sulfone groups is 1. The molecule has 1 fully saturated rings. The monoisotopic (exact) mass is 467 g/mol. The van der Waals surface area contributed by atoms with Gasteiger partial charge in [0.25, 0.3) is 0 Å². The SMILES string of the molecule is N#CCC[C@]1(O)CC[C@@]2(S(=O)(=O)c3ccc(Cl)cc3)c3c(F)ccc(F)c3OC[C@H]2C1. The van der Waals surface area contributed by atoms with E-state index in [2.05, 4.69) is 0 Å². The summed E-state index contributed by atoms with van der Waals surface area (Å²) in [4.78, 5) is -0.0686. The van der Waals surface area contributed by atoms with Crippen molar-refractivity contribution in [2.45, 2.75) is 47.3 Å². The van der Waals surface area contributed by atoms with E-state index < -0.39 is 43.5 Å². The summed E-state index contributed by atoms with van der Waals surface area (Å²) in [7, 11) is -4.25. The number of hydrogen-bond acceptors (Lipinski definition) is 5. The zero-order valence-corrected chi connectivity index (χ0v) is 18.0. The van der Waals surface area contributed by atoms with Crippen molar-refractivity contribution < 1.29 is 27.0 Å². The van der Waals surface area contributed by atoms with Crippen molar-refractivity contribution in [2.24, 2.45) is 5.92 Å². The molecule has 0 radical (unpaired) electrons. The second-order valence-corrected chi connectivity index (χ2v) is 10.8. The number of nitriles is 1. The number of benzene rings is 2. The summed E-state index contributed by atoms with van der Waals surface area (Å²) in [6.45, 7) is -0.199. The van der Waals surface area contributed by atoms with E-state index in [1.807, 2.05) is 6.07 Å². The lowest BCUT2D eigenvalue weighted by atomic mass is 9.66. The number of rotatable bonds is 4. The minimum absolute atomic E-state index is 0.0170. The van der Waals surface area contributed by atoms with Gasteiger partial charge in [0.05, 0.1) is 28.7 Å². The van der Waals surface area contributed by atoms with Crippen LogP contribution in [0.25, 0.3) is 0 Å². The Hall–Kier alpha value is -2.21. The van der Waals surface area contributed by atoms with Crippen molar-refractivity contribution in [3.05, 3.63) is 58.6 Å². The minimum Gasteiger partial charge on any atom is -0.490 e. The molecule has 4 rings (SSSR count). The predicted molar refractivity (Wildman–Crippen MR) is 109 cm³/mol. The quantitative estimate of drug-likeness (QED) is 0.714. The second-order valence-electron chi connectivity index (χ2n) is 8.17. The summed E-state index contributed by atoms with van der Waals surface area (Å²) < 4.78 is 61.3. The Morgan fingerprint density at radius 2 is 1.84 bits per heavy atom. The van der Waals surface area contributed by atoms with E-state index in [0.29, 0.717) is 5.02 Å². The smallest absolute Gasteiger partial charge is 0.188 e. The summed E-state index contributed by atoms with van der Waals surface area (Å²) >= 11 is 5.91. The van der Waals surface area contributed by atoms with Gasteiger partial charge in [0.15, 0.2) is 21.4 Å². The number of nitrogens with zero attached hydrogens (tertiary/aromatic N) is 1. The standard InChI is InChI=1S/C22H20ClF2NO4S/c23-15-2-4-16(5-3-15)31(28,29)22-10-9-21(27,8-1-11-26)12-14(22)13-30-20-18(25)7-6-17(24)19(20)22/h2-7,14,27H,1,8-10,12-13H2/t14-,21+,22+/m1/s1. The van der Waals surface area contributed by atoms with Gasteiger partial charge in [0.2, 0.25) is 0 Å². The highest BCUT2D eigenvalue weighted by atomic mass is 35.5. The maximum absolute atomic E-state index is 15.1. The van der Waals surface area contributed by atoms with E-state index in [-0.39, 0.29) is 49.2 Å². The van der Waals surface area contributed by atoms with E-state index in [4.69, 9.17) is 21.6 Å². The van der Waals surface area contributed by atoms with Crippen LogP contribution < -0.4 is 4.74 Å². The molecule has 1 aliphatic heterocycles. The zero-order valence-electron chi connectivity index (χ0n) is 16.4. The molecule has 164 valence electrons. The van der Waals surface area contributed by atoms with E-state index in [9.17, 15) is 17.9 Å². The molecule has 0 bridgehead atoms. The van der Waals surface area contributed by atoms with E-state index >= 15 is 4.39 Å². The average Bonchev–Trinajstić information content (AvgIpc) is 2.74. The van der Waals surface area contributed by atoms with E-state index in [1.54, 1.807) is 0 Å². The Labute approximate surface area is 184 Å². The lowest BCUT2D eigenvalue weighted by molar-refractivity contribution is -0.0509. The zero-order chi connectivity index (χ0) is 22.4. The fourth-order valence-corrected chi connectivity index (χ4v) is 7.41. The van der Waals surface area contributed by atoms with Crippen LogP contribution in [0, 0.1) is 28.9 Å². The van der Waals surface area contributed by atoms with Gasteiger partial charge >= 0.3 is 0 Å². The van der Waals surface area contributed by atoms with Gasteiger partial charge in [-0.1, -0.05) is 11.6 Å². The summed E-state index contributed by atoms with van der Waals surface area (Å²) in [5.41, 5.74) is -1.62. The van der Waals surface area contributed by atoms with Crippen LogP contribution in [0.4, 0.5) is 8.78 Å². The largest absolute Gasteiger partial charge is 0.490 e. The molecular weight excluding hydrogens is 448 g/mol. The molecule has 0 unspecified atom stereocenters. The Bertz CT molecular complexity index is 1170. The third-order valence-electron chi connectivity index (χ3n) is 6.46. The molecule has 1 aliphatic carbocycles. The van der Waals surface area contributed by atoms with Crippen molar-refractivity contribution in [1.82, 2.24) is 0 Å². The fraction of sp³-hybridized carbons (Fsp3) is 0.409. The first-order valence-corrected chi connectivity index (χ1v) is 11.7. The van der Waals surface area contributed by atoms with Crippen molar-refractivity contribution in [3.63, 3.8) is 0 Å². The maximum atomic E-state index is 15.1. The van der Waals surface area contributed by atoms with Crippen LogP contribution in [-0.2, 0) is 14.6 Å². The molecule has 2 aromatic carbocycles. The molecule has 31 heavy (non-hydrogen) atoms. The Kier molecular flexibility index (Phi) is 5.49. The van der Waals surface area contributed by atoms with Gasteiger partial charge in [0.1, 0.15) is 10.6 Å². The molecule has 1 N–H and O–H groups in total. The number of ether oxygens (including phenoxy) is 1. The lowest BCUT2D eigenvalue weighted by Gasteiger charge is -2.51. The topological polar surface area (TPSA) is 87.4 Å². The lowest BCUT2D eigenvalue weighted by Crippen LogP contribution is -2.56. The van der Waals surface area contributed by atoms with Crippen LogP contribution in [-0.4, -0.2) is 25.7 Å². The minimum atomic E-state index is -4.25. The molecule has 0 amide bonds. The highest BCUT2D eigenvalue weighted by molar-refractivity contribution is 7.92. The molecular formula is C22H20ClF2NO4S. The van der Waals surface area contributed by atoms with Gasteiger partial charge in [0, 0.05) is 17.4 Å². The molecule has 2 aromatic rings. The molecule has 1 heterocycles. The van der Waals surface area contributed by atoms with Gasteiger partial charge in [-0.2, -0.15) is 5.26 Å². The van der Waals surface area contributed by atoms with E-state index in [0.717, 1.165) is 12.1 Å². The molecule has 0 saturated heterocycles. The van der Waals surface area contributed by atoms with Crippen molar-refractivity contribution in [2.75, 3.05) is 6.61 Å². The summed E-state index contributed by atoms with van der Waals surface area (Å²) in [6.07, 6.45) is 0.127. The average molecular weight is 468 g/mol. The predicted octanol–water partition coefficient (Wildman–Crippen LogP) is 4.51. The van der Waals surface area contributed by atoms with Gasteiger partial charge in [-0.05, 0) is 62.1 Å². The highest BCUT2D eigenvalue weighted by Gasteiger charge is 2.61. The van der Waals surface area contributed by atoms with Gasteiger partial charge < -0.3 is 9.84 Å². The number of halogens is 3. The third kappa shape index (κ3) is 3.39. The van der Waals surface area contributed by atoms with Crippen molar-refractivity contribution in [1.29, 1.82) is 5.26 Å². The van der Waals surface area contributed by atoms with Crippen LogP contribution in [0.15, 0.2) is 41.3 Å². The molecule has 0 spiro atoms. The third-order valence-corrected chi connectivity index (χ3v) is 9.31. The Morgan fingerprint density at radius 3 is 2.52 bits per heavy atom. The summed E-state index contributed by atoms with van der Waals surface area (Å²) in [6, 6.07) is 9.32. The highest BCUT2D eigenvalue weighted by Crippen LogP contribution is 2.58. The number of aliphatic hydroxyl groups is 1. The summed E-state index contributed by atoms with van der Waals surface area (Å²) in [5.74, 6) is -2.96. The van der Waals surface area contributed by atoms with E-state index in [1.165, 1.54) is 24.3 Å². The fourth-order valence-electron chi connectivity index (χ4n) is 4.95. The Balaban J connectivity index is 1.94. The molecule has 3 atom stereocenters. The van der Waals surface area contributed by atoms with Crippen molar-refractivity contribution in [3.8, 4) is 11.8 Å². The first-order chi connectivity index (χ1) is 14.6. The summed E-state index contributed by atoms with van der Waals surface area (Å²) in [5, 5.41) is 20.3. The second kappa shape index (κ2) is 7.73. The Morgan fingerprint density at radius 1 is 1.16 bits per heavy atom. The van der Waals surface area contributed by atoms with Crippen LogP contribution >= 0.6 is 11.6 Å². The van der Waals surface area contributed by atoms with Crippen LogP contribution in [0.3, 0.4) is 0 Å². The molecule has 2 aliphatic rings. The van der Waals surface area contributed by atoms with Crippen LogP contribution in [0.5, 0.6) is 5.75 Å². The van der Waals surface area contributed by atoms with Gasteiger partial charge in [-0.15, -0.1) is 0 Å². The van der Waals surface area contributed by atoms with Crippen LogP contribution in [0.1, 0.15) is 37.7 Å². The molecule has 1 saturated carbocycles. The van der Waals surface area contributed by atoms with Gasteiger partial charge in [-0.3, -0.25) is 0 Å².